The van der Waals surface area contributed by atoms with Crippen molar-refractivity contribution in [1.82, 2.24) is 10.0 Å². The van der Waals surface area contributed by atoms with Gasteiger partial charge in [-0.05, 0) is 35.6 Å². The van der Waals surface area contributed by atoms with Crippen LogP contribution < -0.4 is 10.0 Å². The van der Waals surface area contributed by atoms with Gasteiger partial charge in [-0.15, -0.1) is 0 Å². The quantitative estimate of drug-likeness (QED) is 0.564. The van der Waals surface area contributed by atoms with E-state index < -0.39 is 0 Å². The number of nitrogens with one attached hydrogen (secondary N) is 2. The average molecular weight is 180 g/mol. The van der Waals surface area contributed by atoms with Crippen LogP contribution in [0.4, 0.5) is 0 Å². The summed E-state index contributed by atoms with van der Waals surface area (Å²) in [4.78, 5) is 0. The molecule has 0 aliphatic carbocycles. The highest BCUT2D eigenvalue weighted by Crippen LogP contribution is 2.15. The van der Waals surface area contributed by atoms with Gasteiger partial charge in [0, 0.05) is 5.70 Å². The molecule has 0 aromatic rings. The molecule has 2 aliphatic rings. The Kier molecular flexibility index (Phi) is 1.83. The number of allylic oxidation sites excluding steroid dienone is 4. The van der Waals surface area contributed by atoms with Gasteiger partial charge in [0.1, 0.15) is 5.70 Å². The molecule has 0 saturated heterocycles. The van der Waals surface area contributed by atoms with Crippen molar-refractivity contribution in [2.75, 3.05) is 0 Å². The van der Waals surface area contributed by atoms with E-state index >= 15 is 0 Å². The molecular weight excluding hydrogens is 172 g/mol. The average Bonchev–Trinajstić information content (AvgIpc) is 2.81. The molecule has 2 aliphatic heterocycles. The molecule has 0 amide bonds. The molecule has 0 aromatic heterocycles. The molecule has 0 aromatic carbocycles. The molecule has 0 saturated carbocycles. The van der Waals surface area contributed by atoms with Crippen LogP contribution in [0, 0.1) is 0 Å². The van der Waals surface area contributed by atoms with Crippen molar-refractivity contribution in [3.63, 3.8) is 0 Å². The minimum absolute atomic E-state index is 0.269. The molecule has 2 heterocycles. The van der Waals surface area contributed by atoms with Gasteiger partial charge in [-0.25, -0.2) is 0 Å². The monoisotopic (exact) mass is 180 g/mol. The Hall–Kier alpha value is -1.29. The lowest BCUT2D eigenvalue weighted by Crippen LogP contribution is -2.00. The van der Waals surface area contributed by atoms with Crippen LogP contribution in [0.25, 0.3) is 0 Å². The Balaban J connectivity index is 1.98. The van der Waals surface area contributed by atoms with Gasteiger partial charge < -0.3 is 15.1 Å². The zero-order chi connectivity index (χ0) is 8.39. The second kappa shape index (κ2) is 2.98. The number of hydrogen-bond acceptors (Lipinski definition) is 4. The van der Waals surface area contributed by atoms with Crippen LogP contribution in [-0.2, 0) is 0 Å². The summed E-state index contributed by atoms with van der Waals surface area (Å²) in [5.74, 6) is 0.269. The summed E-state index contributed by atoms with van der Waals surface area (Å²) in [6, 6.07) is 0. The van der Waals surface area contributed by atoms with E-state index in [1.165, 1.54) is 11.9 Å². The van der Waals surface area contributed by atoms with Crippen LogP contribution in [0.3, 0.4) is 0 Å². The van der Waals surface area contributed by atoms with Crippen LogP contribution in [0.1, 0.15) is 0 Å². The van der Waals surface area contributed by atoms with Crippen molar-refractivity contribution in [3.05, 3.63) is 47.0 Å². The molecule has 0 fully saturated rings. The highest BCUT2D eigenvalue weighted by molar-refractivity contribution is 8.00. The maximum atomic E-state index is 8.81. The summed E-state index contributed by atoms with van der Waals surface area (Å²) in [6.45, 7) is 0. The van der Waals surface area contributed by atoms with E-state index in [9.17, 15) is 0 Å². The highest BCUT2D eigenvalue weighted by atomic mass is 32.2. The van der Waals surface area contributed by atoms with Gasteiger partial charge in [-0.3, -0.25) is 0 Å². The predicted molar refractivity (Wildman–Crippen MR) is 49.9 cm³/mol. The minimum atomic E-state index is 0.269. The van der Waals surface area contributed by atoms with E-state index in [0.29, 0.717) is 0 Å². The van der Waals surface area contributed by atoms with Gasteiger partial charge in [0.05, 0.1) is 0 Å². The fourth-order valence-electron chi connectivity index (χ4n) is 0.798. The van der Waals surface area contributed by atoms with E-state index in [-0.39, 0.29) is 5.88 Å². The number of aliphatic hydroxyl groups is 1. The zero-order valence-electron chi connectivity index (χ0n) is 6.24. The first kappa shape index (κ1) is 7.36. The van der Waals surface area contributed by atoms with Crippen LogP contribution in [0.2, 0.25) is 0 Å². The predicted octanol–water partition coefficient (Wildman–Crippen LogP) is 1.52. The fourth-order valence-corrected chi connectivity index (χ4v) is 1.30. The van der Waals surface area contributed by atoms with Crippen LogP contribution in [0.15, 0.2) is 47.0 Å². The Morgan fingerprint density at radius 1 is 1.42 bits per heavy atom. The topological polar surface area (TPSA) is 54.2 Å². The maximum absolute atomic E-state index is 8.81. The first-order valence-electron chi connectivity index (χ1n) is 3.53. The van der Waals surface area contributed by atoms with E-state index in [1.807, 2.05) is 29.7 Å². The van der Waals surface area contributed by atoms with Gasteiger partial charge in [0.2, 0.25) is 5.88 Å². The van der Waals surface area contributed by atoms with Crippen molar-refractivity contribution < 1.29 is 5.11 Å². The normalized spacial score (nSPS) is 20.5. The second-order valence-corrected chi connectivity index (χ2v) is 3.10. The summed E-state index contributed by atoms with van der Waals surface area (Å²) in [6.07, 6.45) is 7.67. The third kappa shape index (κ3) is 1.65. The molecule has 0 radical (unpaired) electrons. The molecule has 62 valence electrons. The minimum Gasteiger partial charge on any atom is -0.493 e. The van der Waals surface area contributed by atoms with E-state index in [1.54, 1.807) is 0 Å². The van der Waals surface area contributed by atoms with Crippen LogP contribution in [-0.4, -0.2) is 5.11 Å². The first-order chi connectivity index (χ1) is 5.86. The third-order valence-electron chi connectivity index (χ3n) is 1.47. The SMILES string of the molecule is OC1=C(C=CC2=CC=CSN2)N1. The van der Waals surface area contributed by atoms with E-state index in [0.717, 1.165) is 11.4 Å². The lowest BCUT2D eigenvalue weighted by molar-refractivity contribution is 0.425. The van der Waals surface area contributed by atoms with Crippen molar-refractivity contribution in [2.45, 2.75) is 0 Å². The molecule has 0 unspecified atom stereocenters. The number of aliphatic hydroxyl groups excluding tert-OH is 1. The molecule has 4 heteroatoms. The lowest BCUT2D eigenvalue weighted by atomic mass is 10.3. The van der Waals surface area contributed by atoms with Gasteiger partial charge >= 0.3 is 0 Å². The molecule has 0 bridgehead atoms. The van der Waals surface area contributed by atoms with Gasteiger partial charge in [0.15, 0.2) is 0 Å². The van der Waals surface area contributed by atoms with Crippen molar-refractivity contribution in [2.24, 2.45) is 0 Å². The van der Waals surface area contributed by atoms with E-state index in [2.05, 4.69) is 10.0 Å². The van der Waals surface area contributed by atoms with Gasteiger partial charge in [0.25, 0.3) is 0 Å². The largest absolute Gasteiger partial charge is 0.493 e. The number of rotatable bonds is 2. The molecule has 12 heavy (non-hydrogen) atoms. The van der Waals surface area contributed by atoms with Crippen LogP contribution in [0.5, 0.6) is 0 Å². The summed E-state index contributed by atoms with van der Waals surface area (Å²) in [5, 5.41) is 13.5. The summed E-state index contributed by atoms with van der Waals surface area (Å²) >= 11 is 1.53. The fraction of sp³-hybridized carbons (Fsp3) is 0. The first-order valence-corrected chi connectivity index (χ1v) is 4.41. The van der Waals surface area contributed by atoms with Gasteiger partial charge in [-0.2, -0.15) is 0 Å². The lowest BCUT2D eigenvalue weighted by Gasteiger charge is -2.04. The van der Waals surface area contributed by atoms with Gasteiger partial charge in [-0.1, -0.05) is 6.08 Å². The smallest absolute Gasteiger partial charge is 0.213 e. The zero-order valence-corrected chi connectivity index (χ0v) is 7.06. The molecular formula is C8H8N2OS. The molecule has 0 atom stereocenters. The third-order valence-corrected chi connectivity index (χ3v) is 2.12. The molecule has 0 spiro atoms. The molecule has 2 rings (SSSR count). The standard InChI is InChI=1S/C8H8N2OS/c11-8-7(9-8)4-3-6-2-1-5-12-10-6/h1-5,9-11H. The second-order valence-electron chi connectivity index (χ2n) is 2.39. The molecule has 3 nitrogen and oxygen atoms in total. The van der Waals surface area contributed by atoms with Crippen molar-refractivity contribution >= 4 is 11.9 Å². The van der Waals surface area contributed by atoms with Crippen molar-refractivity contribution in [3.8, 4) is 0 Å². The Morgan fingerprint density at radius 3 is 2.83 bits per heavy atom. The van der Waals surface area contributed by atoms with Crippen molar-refractivity contribution in [1.29, 1.82) is 0 Å². The number of hydrogen-bond donors (Lipinski definition) is 3. The summed E-state index contributed by atoms with van der Waals surface area (Å²) < 4.78 is 3.09. The highest BCUT2D eigenvalue weighted by Gasteiger charge is 2.15. The Bertz CT molecular complexity index is 315. The summed E-state index contributed by atoms with van der Waals surface area (Å²) in [7, 11) is 0. The Labute approximate surface area is 74.7 Å². The Morgan fingerprint density at radius 2 is 2.25 bits per heavy atom. The summed E-state index contributed by atoms with van der Waals surface area (Å²) in [5.41, 5.74) is 1.81. The van der Waals surface area contributed by atoms with E-state index in [4.69, 9.17) is 5.11 Å². The van der Waals surface area contributed by atoms with Crippen LogP contribution >= 0.6 is 11.9 Å². The molecule has 3 N–H and O–H groups in total. The maximum Gasteiger partial charge on any atom is 0.213 e.